The largest absolute Gasteiger partial charge is 0.497 e. The molecule has 1 aromatic carbocycles. The molecule has 7 heteroatoms. The third-order valence-electron chi connectivity index (χ3n) is 5.32. The molecule has 4 rings (SSSR count). The summed E-state index contributed by atoms with van der Waals surface area (Å²) in [6.45, 7) is 3.46. The molecule has 0 bridgehead atoms. The van der Waals surface area contributed by atoms with Crippen LogP contribution < -0.4 is 15.0 Å². The molecule has 1 aliphatic heterocycles. The lowest BCUT2D eigenvalue weighted by atomic mass is 9.97. The van der Waals surface area contributed by atoms with Crippen LogP contribution in [-0.4, -0.2) is 41.3 Å². The second-order valence-electron chi connectivity index (χ2n) is 7.50. The molecule has 0 radical (unpaired) electrons. The first kappa shape index (κ1) is 19.8. The van der Waals surface area contributed by atoms with Crippen molar-refractivity contribution in [2.75, 3.05) is 30.4 Å². The molecule has 3 heterocycles. The second kappa shape index (κ2) is 8.90. The number of carbonyl (C=O) groups excluding carboxylic acids is 1. The first-order valence-electron chi connectivity index (χ1n) is 10.1. The minimum Gasteiger partial charge on any atom is -0.497 e. The van der Waals surface area contributed by atoms with Gasteiger partial charge in [0.2, 0.25) is 5.91 Å². The zero-order chi connectivity index (χ0) is 20.9. The van der Waals surface area contributed by atoms with E-state index < -0.39 is 0 Å². The Morgan fingerprint density at radius 2 is 1.97 bits per heavy atom. The van der Waals surface area contributed by atoms with Gasteiger partial charge in [0.1, 0.15) is 11.6 Å². The highest BCUT2D eigenvalue weighted by Gasteiger charge is 2.27. The maximum absolute atomic E-state index is 12.7. The Kier molecular flexibility index (Phi) is 5.88. The SMILES string of the molecule is COc1ccc(-c2ccc(N3CCCC(C(=O)Nc4cc(C)ccn4)C3)nn2)cc1. The monoisotopic (exact) mass is 403 g/mol. The van der Waals surface area contributed by atoms with E-state index in [1.807, 2.05) is 55.5 Å². The van der Waals surface area contributed by atoms with E-state index >= 15 is 0 Å². The van der Waals surface area contributed by atoms with Crippen LogP contribution in [-0.2, 0) is 4.79 Å². The van der Waals surface area contributed by atoms with E-state index in [1.54, 1.807) is 13.3 Å². The van der Waals surface area contributed by atoms with E-state index in [4.69, 9.17) is 4.74 Å². The van der Waals surface area contributed by atoms with Crippen molar-refractivity contribution in [1.82, 2.24) is 15.2 Å². The average molecular weight is 403 g/mol. The number of pyridine rings is 1. The van der Waals surface area contributed by atoms with E-state index in [1.165, 1.54) is 0 Å². The number of benzene rings is 1. The summed E-state index contributed by atoms with van der Waals surface area (Å²) in [5.41, 5.74) is 2.85. The number of hydrogen-bond acceptors (Lipinski definition) is 6. The molecule has 1 unspecified atom stereocenters. The molecule has 1 amide bonds. The molecule has 1 aliphatic rings. The number of nitrogens with zero attached hydrogens (tertiary/aromatic N) is 4. The molecule has 2 aromatic heterocycles. The van der Waals surface area contributed by atoms with Gasteiger partial charge in [-0.2, -0.15) is 0 Å². The summed E-state index contributed by atoms with van der Waals surface area (Å²) in [5.74, 6) is 2.09. The Bertz CT molecular complexity index is 1000. The Morgan fingerprint density at radius 1 is 1.13 bits per heavy atom. The number of nitrogens with one attached hydrogen (secondary N) is 1. The third-order valence-corrected chi connectivity index (χ3v) is 5.32. The van der Waals surface area contributed by atoms with Crippen LogP contribution in [0, 0.1) is 12.8 Å². The average Bonchev–Trinajstić information content (AvgIpc) is 2.79. The van der Waals surface area contributed by atoms with Crippen molar-refractivity contribution in [2.24, 2.45) is 5.92 Å². The van der Waals surface area contributed by atoms with Crippen LogP contribution in [0.15, 0.2) is 54.7 Å². The molecule has 30 heavy (non-hydrogen) atoms. The summed E-state index contributed by atoms with van der Waals surface area (Å²) in [7, 11) is 1.65. The molecule has 0 saturated carbocycles. The number of aryl methyl sites for hydroxylation is 1. The lowest BCUT2D eigenvalue weighted by molar-refractivity contribution is -0.120. The number of ether oxygens (including phenoxy) is 1. The summed E-state index contributed by atoms with van der Waals surface area (Å²) in [6.07, 6.45) is 3.49. The van der Waals surface area contributed by atoms with Crippen molar-refractivity contribution in [3.8, 4) is 17.0 Å². The molecule has 1 saturated heterocycles. The quantitative estimate of drug-likeness (QED) is 0.700. The molecule has 1 fully saturated rings. The molecule has 0 spiro atoms. The minimum absolute atomic E-state index is 0.000567. The first-order chi connectivity index (χ1) is 14.6. The van der Waals surface area contributed by atoms with Gasteiger partial charge in [-0.15, -0.1) is 10.2 Å². The normalized spacial score (nSPS) is 16.2. The number of piperidine rings is 1. The number of carbonyl (C=O) groups is 1. The van der Waals surface area contributed by atoms with Gasteiger partial charge in [-0.25, -0.2) is 4.98 Å². The molecule has 7 nitrogen and oxygen atoms in total. The fourth-order valence-electron chi connectivity index (χ4n) is 3.64. The molecule has 3 aromatic rings. The highest BCUT2D eigenvalue weighted by molar-refractivity contribution is 5.92. The molecular formula is C23H25N5O2. The third kappa shape index (κ3) is 4.56. The number of aromatic nitrogens is 3. The van der Waals surface area contributed by atoms with Crippen LogP contribution in [0.25, 0.3) is 11.3 Å². The predicted molar refractivity (Wildman–Crippen MR) is 117 cm³/mol. The van der Waals surface area contributed by atoms with Crippen molar-refractivity contribution < 1.29 is 9.53 Å². The Hall–Kier alpha value is -3.48. The van der Waals surface area contributed by atoms with Crippen LogP contribution in [0.3, 0.4) is 0 Å². The number of hydrogen-bond donors (Lipinski definition) is 1. The van der Waals surface area contributed by atoms with Crippen LogP contribution in [0.4, 0.5) is 11.6 Å². The topological polar surface area (TPSA) is 80.2 Å². The van der Waals surface area contributed by atoms with Gasteiger partial charge in [0.15, 0.2) is 5.82 Å². The van der Waals surface area contributed by atoms with Crippen LogP contribution in [0.5, 0.6) is 5.75 Å². The van der Waals surface area contributed by atoms with Crippen LogP contribution in [0.2, 0.25) is 0 Å². The van der Waals surface area contributed by atoms with Crippen molar-refractivity contribution in [1.29, 1.82) is 0 Å². The number of anilines is 2. The Labute approximate surface area is 176 Å². The van der Waals surface area contributed by atoms with Gasteiger partial charge in [-0.05, 0) is 73.9 Å². The molecule has 1 N–H and O–H groups in total. The lowest BCUT2D eigenvalue weighted by Gasteiger charge is -2.32. The highest BCUT2D eigenvalue weighted by atomic mass is 16.5. The molecule has 0 aliphatic carbocycles. The maximum Gasteiger partial charge on any atom is 0.230 e. The molecule has 154 valence electrons. The van der Waals surface area contributed by atoms with E-state index in [0.717, 1.165) is 47.8 Å². The fraction of sp³-hybridized carbons (Fsp3) is 0.304. The maximum atomic E-state index is 12.7. The highest BCUT2D eigenvalue weighted by Crippen LogP contribution is 2.25. The van der Waals surface area contributed by atoms with E-state index in [-0.39, 0.29) is 11.8 Å². The van der Waals surface area contributed by atoms with E-state index in [0.29, 0.717) is 12.4 Å². The van der Waals surface area contributed by atoms with Gasteiger partial charge in [-0.3, -0.25) is 4.79 Å². The van der Waals surface area contributed by atoms with Crippen molar-refractivity contribution in [3.63, 3.8) is 0 Å². The van der Waals surface area contributed by atoms with Crippen molar-refractivity contribution in [2.45, 2.75) is 19.8 Å². The second-order valence-corrected chi connectivity index (χ2v) is 7.50. The molecular weight excluding hydrogens is 378 g/mol. The van der Waals surface area contributed by atoms with Gasteiger partial charge in [0, 0.05) is 24.8 Å². The van der Waals surface area contributed by atoms with Gasteiger partial charge >= 0.3 is 0 Å². The summed E-state index contributed by atoms with van der Waals surface area (Å²) in [4.78, 5) is 19.1. The summed E-state index contributed by atoms with van der Waals surface area (Å²) in [5, 5.41) is 11.7. The minimum atomic E-state index is -0.107. The molecule has 1 atom stereocenters. The summed E-state index contributed by atoms with van der Waals surface area (Å²) < 4.78 is 5.20. The zero-order valence-electron chi connectivity index (χ0n) is 17.2. The van der Waals surface area contributed by atoms with E-state index in [9.17, 15) is 4.79 Å². The van der Waals surface area contributed by atoms with Crippen molar-refractivity contribution >= 4 is 17.5 Å². The predicted octanol–water partition coefficient (Wildman–Crippen LogP) is 3.71. The number of methoxy groups -OCH3 is 1. The standard InChI is InChI=1S/C23H25N5O2/c1-16-11-12-24-21(14-16)25-23(29)18-4-3-13-28(15-18)22-10-9-20(26-27-22)17-5-7-19(30-2)8-6-17/h5-12,14,18H,3-4,13,15H2,1-2H3,(H,24,25,29). The lowest BCUT2D eigenvalue weighted by Crippen LogP contribution is -2.41. The van der Waals surface area contributed by atoms with Gasteiger partial charge < -0.3 is 15.0 Å². The Morgan fingerprint density at radius 3 is 2.67 bits per heavy atom. The van der Waals surface area contributed by atoms with Gasteiger partial charge in [0.25, 0.3) is 0 Å². The fourth-order valence-corrected chi connectivity index (χ4v) is 3.64. The number of amides is 1. The zero-order valence-corrected chi connectivity index (χ0v) is 17.2. The van der Waals surface area contributed by atoms with Crippen molar-refractivity contribution in [3.05, 3.63) is 60.3 Å². The smallest absolute Gasteiger partial charge is 0.230 e. The number of rotatable bonds is 5. The van der Waals surface area contributed by atoms with Gasteiger partial charge in [-0.1, -0.05) is 0 Å². The summed E-state index contributed by atoms with van der Waals surface area (Å²) in [6, 6.07) is 15.4. The van der Waals surface area contributed by atoms with E-state index in [2.05, 4.69) is 25.4 Å². The van der Waals surface area contributed by atoms with Crippen LogP contribution >= 0.6 is 0 Å². The summed E-state index contributed by atoms with van der Waals surface area (Å²) >= 11 is 0. The Balaban J connectivity index is 1.41. The van der Waals surface area contributed by atoms with Crippen LogP contribution in [0.1, 0.15) is 18.4 Å². The first-order valence-corrected chi connectivity index (χ1v) is 10.1. The van der Waals surface area contributed by atoms with Gasteiger partial charge in [0.05, 0.1) is 18.7 Å².